The molecular weight excluding hydrogens is 312 g/mol. The Morgan fingerprint density at radius 3 is 2.78 bits per heavy atom. The van der Waals surface area contributed by atoms with Crippen LogP contribution in [-0.4, -0.2) is 24.9 Å². The van der Waals surface area contributed by atoms with Gasteiger partial charge in [-0.1, -0.05) is 46.7 Å². The molecule has 0 saturated heterocycles. The molecule has 1 fully saturated rings. The molecule has 8 heteroatoms. The summed E-state index contributed by atoms with van der Waals surface area (Å²) in [4.78, 5) is 4.43. The molecule has 3 aromatic rings. The molecule has 0 aliphatic heterocycles. The highest BCUT2D eigenvalue weighted by Crippen LogP contribution is 2.39. The number of rotatable bonds is 5. The number of aryl methyl sites for hydroxylation is 1. The van der Waals surface area contributed by atoms with E-state index in [1.54, 1.807) is 0 Å². The van der Waals surface area contributed by atoms with Crippen molar-refractivity contribution in [3.8, 4) is 11.4 Å². The number of nitrogen functional groups attached to an aromatic ring is 1. The molecule has 23 heavy (non-hydrogen) atoms. The van der Waals surface area contributed by atoms with Crippen LogP contribution in [0.15, 0.2) is 33.9 Å². The molecule has 1 aromatic carbocycles. The molecule has 0 bridgehead atoms. The zero-order valence-electron chi connectivity index (χ0n) is 12.6. The Bertz CT molecular complexity index is 821. The van der Waals surface area contributed by atoms with Gasteiger partial charge in [0.15, 0.2) is 5.16 Å². The van der Waals surface area contributed by atoms with Crippen molar-refractivity contribution < 1.29 is 4.52 Å². The van der Waals surface area contributed by atoms with Crippen molar-refractivity contribution in [3.05, 3.63) is 35.7 Å². The van der Waals surface area contributed by atoms with Crippen molar-refractivity contribution in [2.45, 2.75) is 36.7 Å². The number of thioether (sulfide) groups is 1. The molecule has 0 atom stereocenters. The van der Waals surface area contributed by atoms with Crippen molar-refractivity contribution in [2.24, 2.45) is 0 Å². The Morgan fingerprint density at radius 1 is 1.26 bits per heavy atom. The summed E-state index contributed by atoms with van der Waals surface area (Å²) < 4.78 is 7.31. The maximum absolute atomic E-state index is 5.87. The molecule has 118 valence electrons. The van der Waals surface area contributed by atoms with Gasteiger partial charge in [0.1, 0.15) is 0 Å². The van der Waals surface area contributed by atoms with Gasteiger partial charge in [-0.2, -0.15) is 4.98 Å². The first kappa shape index (κ1) is 14.3. The minimum Gasteiger partial charge on any atom is -0.368 e. The third-order valence-electron chi connectivity index (χ3n) is 3.71. The van der Waals surface area contributed by atoms with Gasteiger partial charge in [-0.25, -0.2) is 0 Å². The second-order valence-corrected chi connectivity index (χ2v) is 6.55. The summed E-state index contributed by atoms with van der Waals surface area (Å²) in [6.07, 6.45) is 2.27. The van der Waals surface area contributed by atoms with Gasteiger partial charge >= 0.3 is 0 Å². The highest BCUT2D eigenvalue weighted by Gasteiger charge is 2.29. The van der Waals surface area contributed by atoms with Crippen molar-refractivity contribution in [2.75, 3.05) is 5.73 Å². The summed E-state index contributed by atoms with van der Waals surface area (Å²) in [7, 11) is 0. The molecule has 0 spiro atoms. The van der Waals surface area contributed by atoms with E-state index in [-0.39, 0.29) is 0 Å². The van der Waals surface area contributed by atoms with E-state index < -0.39 is 0 Å². The molecule has 0 radical (unpaired) electrons. The van der Waals surface area contributed by atoms with Gasteiger partial charge in [-0.15, -0.1) is 10.2 Å². The van der Waals surface area contributed by atoms with E-state index in [4.69, 9.17) is 10.3 Å². The van der Waals surface area contributed by atoms with Gasteiger partial charge in [-0.05, 0) is 19.8 Å². The Balaban J connectivity index is 1.47. The third-order valence-corrected chi connectivity index (χ3v) is 4.63. The molecule has 4 rings (SSSR count). The van der Waals surface area contributed by atoms with E-state index in [1.165, 1.54) is 17.3 Å². The van der Waals surface area contributed by atoms with Crippen LogP contribution in [0.4, 0.5) is 5.95 Å². The summed E-state index contributed by atoms with van der Waals surface area (Å²) in [5, 5.41) is 12.9. The molecule has 0 amide bonds. The van der Waals surface area contributed by atoms with Crippen molar-refractivity contribution in [1.29, 1.82) is 0 Å². The lowest BCUT2D eigenvalue weighted by atomic mass is 10.1. The summed E-state index contributed by atoms with van der Waals surface area (Å²) in [5.74, 6) is 2.18. The van der Waals surface area contributed by atoms with Crippen LogP contribution < -0.4 is 5.73 Å². The van der Waals surface area contributed by atoms with Gasteiger partial charge in [0.2, 0.25) is 17.7 Å². The maximum Gasteiger partial charge on any atom is 0.237 e. The topological polar surface area (TPSA) is 95.6 Å². The number of hydrogen-bond donors (Lipinski definition) is 1. The molecule has 7 nitrogen and oxygen atoms in total. The lowest BCUT2D eigenvalue weighted by Gasteiger charge is -2.03. The fraction of sp³-hybridized carbons (Fsp3) is 0.333. The number of hydrogen-bond acceptors (Lipinski definition) is 7. The van der Waals surface area contributed by atoms with Gasteiger partial charge in [0, 0.05) is 11.6 Å². The monoisotopic (exact) mass is 328 g/mol. The Kier molecular flexibility index (Phi) is 3.53. The number of benzene rings is 1. The third kappa shape index (κ3) is 2.94. The van der Waals surface area contributed by atoms with Gasteiger partial charge < -0.3 is 10.3 Å². The van der Waals surface area contributed by atoms with Crippen LogP contribution in [0.2, 0.25) is 0 Å². The van der Waals surface area contributed by atoms with Crippen LogP contribution in [0, 0.1) is 6.92 Å². The number of nitrogens with two attached hydrogens (primary N) is 1. The number of aromatic nitrogens is 5. The molecule has 1 aliphatic rings. The van der Waals surface area contributed by atoms with Crippen LogP contribution in [0.3, 0.4) is 0 Å². The second-order valence-electron chi connectivity index (χ2n) is 5.61. The molecule has 2 N–H and O–H groups in total. The fourth-order valence-electron chi connectivity index (χ4n) is 2.32. The lowest BCUT2D eigenvalue weighted by molar-refractivity contribution is 0.391. The Morgan fingerprint density at radius 2 is 2.04 bits per heavy atom. The Labute approximate surface area is 137 Å². The Hall–Kier alpha value is -2.35. The molecule has 2 aromatic heterocycles. The van der Waals surface area contributed by atoms with E-state index in [0.29, 0.717) is 29.5 Å². The summed E-state index contributed by atoms with van der Waals surface area (Å²) in [6.45, 7) is 2.05. The second kappa shape index (κ2) is 5.69. The molecular formula is C15H16N6OS. The first-order valence-electron chi connectivity index (χ1n) is 7.43. The first-order valence-corrected chi connectivity index (χ1v) is 8.42. The molecule has 0 unspecified atom stereocenters. The van der Waals surface area contributed by atoms with Crippen LogP contribution in [0.25, 0.3) is 11.4 Å². The van der Waals surface area contributed by atoms with E-state index >= 15 is 0 Å². The zero-order chi connectivity index (χ0) is 15.8. The van der Waals surface area contributed by atoms with Crippen LogP contribution >= 0.6 is 11.8 Å². The number of nitrogens with zero attached hydrogens (tertiary/aromatic N) is 5. The molecule has 2 heterocycles. The van der Waals surface area contributed by atoms with Crippen molar-refractivity contribution in [1.82, 2.24) is 24.9 Å². The van der Waals surface area contributed by atoms with E-state index in [9.17, 15) is 0 Å². The van der Waals surface area contributed by atoms with E-state index in [1.807, 2.05) is 35.8 Å². The largest absolute Gasteiger partial charge is 0.368 e. The quantitative estimate of drug-likeness (QED) is 0.719. The summed E-state index contributed by atoms with van der Waals surface area (Å²) in [6, 6.07) is 8.48. The van der Waals surface area contributed by atoms with Crippen molar-refractivity contribution >= 4 is 17.7 Å². The van der Waals surface area contributed by atoms with Crippen LogP contribution in [0.5, 0.6) is 0 Å². The average Bonchev–Trinajstić information content (AvgIpc) is 3.15. The van der Waals surface area contributed by atoms with Crippen LogP contribution in [-0.2, 0) is 5.75 Å². The number of anilines is 1. The fourth-order valence-corrected chi connectivity index (χ4v) is 3.17. The molecule has 1 aliphatic carbocycles. The zero-order valence-corrected chi connectivity index (χ0v) is 13.5. The van der Waals surface area contributed by atoms with Gasteiger partial charge in [-0.3, -0.25) is 4.57 Å². The van der Waals surface area contributed by atoms with E-state index in [0.717, 1.165) is 23.6 Å². The van der Waals surface area contributed by atoms with Gasteiger partial charge in [0.05, 0.1) is 5.75 Å². The lowest BCUT2D eigenvalue weighted by Crippen LogP contribution is -2.02. The SMILES string of the molecule is Cc1ccc(-c2noc(CSc3nnc(N)n3C3CC3)n2)cc1. The first-order chi connectivity index (χ1) is 11.2. The predicted molar refractivity (Wildman–Crippen MR) is 86.7 cm³/mol. The minimum absolute atomic E-state index is 0.443. The summed E-state index contributed by atoms with van der Waals surface area (Å²) >= 11 is 1.51. The highest BCUT2D eigenvalue weighted by atomic mass is 32.2. The standard InChI is InChI=1S/C15H16N6OS/c1-9-2-4-10(5-3-9)13-17-12(22-20-13)8-23-15-19-18-14(16)21(15)11-6-7-11/h2-5,11H,6-8H2,1H3,(H2,16,18). The highest BCUT2D eigenvalue weighted by molar-refractivity contribution is 7.98. The van der Waals surface area contributed by atoms with E-state index in [2.05, 4.69) is 20.3 Å². The maximum atomic E-state index is 5.87. The smallest absolute Gasteiger partial charge is 0.237 e. The molecule has 1 saturated carbocycles. The minimum atomic E-state index is 0.443. The van der Waals surface area contributed by atoms with Crippen molar-refractivity contribution in [3.63, 3.8) is 0 Å². The normalized spacial score (nSPS) is 14.3. The van der Waals surface area contributed by atoms with Gasteiger partial charge in [0.25, 0.3) is 0 Å². The summed E-state index contributed by atoms with van der Waals surface area (Å²) in [5.41, 5.74) is 8.01. The predicted octanol–water partition coefficient (Wildman–Crippen LogP) is 2.85. The van der Waals surface area contributed by atoms with Crippen LogP contribution in [0.1, 0.15) is 30.3 Å². The average molecular weight is 328 g/mol.